The molecule has 0 bridgehead atoms. The minimum absolute atomic E-state index is 0.567. The van der Waals surface area contributed by atoms with Crippen molar-refractivity contribution < 1.29 is 4.42 Å². The van der Waals surface area contributed by atoms with E-state index in [1.165, 1.54) is 10.3 Å². The van der Waals surface area contributed by atoms with Gasteiger partial charge in [-0.1, -0.05) is 29.3 Å². The molecule has 31 heavy (non-hydrogen) atoms. The molecule has 5 aromatic rings. The number of aromatic nitrogens is 1. The molecule has 3 nitrogen and oxygen atoms in total. The summed E-state index contributed by atoms with van der Waals surface area (Å²) in [5.41, 5.74) is 5.21. The summed E-state index contributed by atoms with van der Waals surface area (Å²) in [6.07, 6.45) is 0. The first kappa shape index (κ1) is 20.1. The van der Waals surface area contributed by atoms with Gasteiger partial charge >= 0.3 is 0 Å². The standard InChI is InChI=1S/C25H18Cl2N2OS/c1-15-2-10-22-24(12-15)31-25(29-22)16-3-6-18(7-4-16)28-14-19-8-11-23(30-19)20-13-17(26)5-9-21(20)27/h2-13,28H,14H2,1H3. The smallest absolute Gasteiger partial charge is 0.135 e. The van der Waals surface area contributed by atoms with Crippen LogP contribution in [0.4, 0.5) is 5.69 Å². The zero-order valence-corrected chi connectivity index (χ0v) is 19.0. The van der Waals surface area contributed by atoms with Crippen LogP contribution in [-0.4, -0.2) is 4.98 Å². The molecule has 0 spiro atoms. The van der Waals surface area contributed by atoms with Crippen LogP contribution in [0, 0.1) is 6.92 Å². The van der Waals surface area contributed by atoms with Gasteiger partial charge in [-0.3, -0.25) is 0 Å². The number of nitrogens with one attached hydrogen (secondary N) is 1. The van der Waals surface area contributed by atoms with Crippen LogP contribution < -0.4 is 5.32 Å². The average Bonchev–Trinajstić information content (AvgIpc) is 3.41. The molecule has 6 heteroatoms. The number of thiazole rings is 1. The molecule has 0 fully saturated rings. The second-order valence-electron chi connectivity index (χ2n) is 7.31. The van der Waals surface area contributed by atoms with Crippen molar-refractivity contribution in [3.8, 4) is 21.9 Å². The maximum atomic E-state index is 6.27. The molecule has 2 aromatic heterocycles. The summed E-state index contributed by atoms with van der Waals surface area (Å²) < 4.78 is 7.16. The maximum absolute atomic E-state index is 6.27. The van der Waals surface area contributed by atoms with Crippen molar-refractivity contribution in [2.75, 3.05) is 5.32 Å². The number of aryl methyl sites for hydroxylation is 1. The van der Waals surface area contributed by atoms with Gasteiger partial charge in [0.2, 0.25) is 0 Å². The number of nitrogens with zero attached hydrogens (tertiary/aromatic N) is 1. The Hall–Kier alpha value is -2.79. The second-order valence-corrected chi connectivity index (χ2v) is 9.19. The molecule has 0 aliphatic carbocycles. The Morgan fingerprint density at radius 1 is 0.935 bits per heavy atom. The van der Waals surface area contributed by atoms with E-state index in [1.54, 1.807) is 23.5 Å². The van der Waals surface area contributed by atoms with Gasteiger partial charge in [0.25, 0.3) is 0 Å². The fourth-order valence-corrected chi connectivity index (χ4v) is 4.83. The fraction of sp³-hybridized carbons (Fsp3) is 0.0800. The molecule has 0 saturated heterocycles. The van der Waals surface area contributed by atoms with Crippen molar-refractivity contribution in [1.82, 2.24) is 4.98 Å². The predicted octanol–water partition coefficient (Wildman–Crippen LogP) is 8.45. The second kappa shape index (κ2) is 8.39. The Balaban J connectivity index is 1.28. The molecule has 2 heterocycles. The van der Waals surface area contributed by atoms with Crippen LogP contribution in [-0.2, 0) is 6.54 Å². The number of benzene rings is 3. The number of rotatable bonds is 5. The van der Waals surface area contributed by atoms with Crippen LogP contribution in [0.25, 0.3) is 32.1 Å². The lowest BCUT2D eigenvalue weighted by Crippen LogP contribution is -1.97. The van der Waals surface area contributed by atoms with Gasteiger partial charge in [-0.15, -0.1) is 11.3 Å². The summed E-state index contributed by atoms with van der Waals surface area (Å²) in [7, 11) is 0. The lowest BCUT2D eigenvalue weighted by atomic mass is 10.2. The third kappa shape index (κ3) is 4.33. The van der Waals surface area contributed by atoms with Crippen molar-refractivity contribution in [2.45, 2.75) is 13.5 Å². The van der Waals surface area contributed by atoms with E-state index < -0.39 is 0 Å². The number of furan rings is 1. The molecule has 1 N–H and O–H groups in total. The molecular formula is C25H18Cl2N2OS. The zero-order valence-electron chi connectivity index (χ0n) is 16.7. The van der Waals surface area contributed by atoms with Crippen LogP contribution in [0.1, 0.15) is 11.3 Å². The summed E-state index contributed by atoms with van der Waals surface area (Å²) in [4.78, 5) is 4.76. The number of hydrogen-bond donors (Lipinski definition) is 1. The topological polar surface area (TPSA) is 38.1 Å². The quantitative estimate of drug-likeness (QED) is 0.283. The van der Waals surface area contributed by atoms with Crippen molar-refractivity contribution in [1.29, 1.82) is 0 Å². The molecule has 0 saturated carbocycles. The summed E-state index contributed by atoms with van der Waals surface area (Å²) in [6, 6.07) is 23.8. The first-order valence-electron chi connectivity index (χ1n) is 9.81. The van der Waals surface area contributed by atoms with Crippen molar-refractivity contribution in [3.63, 3.8) is 0 Å². The predicted molar refractivity (Wildman–Crippen MR) is 131 cm³/mol. The van der Waals surface area contributed by atoms with E-state index in [2.05, 4.69) is 54.7 Å². The van der Waals surface area contributed by atoms with Crippen molar-refractivity contribution >= 4 is 50.4 Å². The largest absolute Gasteiger partial charge is 0.459 e. The molecule has 0 atom stereocenters. The summed E-state index contributed by atoms with van der Waals surface area (Å²) >= 11 is 14.1. The van der Waals surface area contributed by atoms with E-state index in [9.17, 15) is 0 Å². The SMILES string of the molecule is Cc1ccc2nc(-c3ccc(NCc4ccc(-c5cc(Cl)ccc5Cl)o4)cc3)sc2c1. The molecule has 0 unspecified atom stereocenters. The van der Waals surface area contributed by atoms with Gasteiger partial charge in [0.1, 0.15) is 16.5 Å². The molecule has 154 valence electrons. The Morgan fingerprint density at radius 2 is 1.77 bits per heavy atom. The third-order valence-electron chi connectivity index (χ3n) is 5.00. The lowest BCUT2D eigenvalue weighted by molar-refractivity contribution is 0.531. The molecule has 5 rings (SSSR count). The van der Waals surface area contributed by atoms with E-state index in [1.807, 2.05) is 18.2 Å². The molecular weight excluding hydrogens is 447 g/mol. The first-order chi connectivity index (χ1) is 15.0. The maximum Gasteiger partial charge on any atom is 0.135 e. The fourth-order valence-electron chi connectivity index (χ4n) is 3.38. The van der Waals surface area contributed by atoms with E-state index in [0.29, 0.717) is 22.4 Å². The number of anilines is 1. The van der Waals surface area contributed by atoms with E-state index in [4.69, 9.17) is 32.6 Å². The van der Waals surface area contributed by atoms with Crippen LogP contribution >= 0.6 is 34.5 Å². The molecule has 3 aromatic carbocycles. The molecule has 0 aliphatic rings. The van der Waals surface area contributed by atoms with Gasteiger partial charge in [0.05, 0.1) is 21.8 Å². The van der Waals surface area contributed by atoms with Crippen LogP contribution in [0.5, 0.6) is 0 Å². The number of hydrogen-bond acceptors (Lipinski definition) is 4. The third-order valence-corrected chi connectivity index (χ3v) is 6.63. The minimum Gasteiger partial charge on any atom is -0.459 e. The Labute approximate surface area is 194 Å². The van der Waals surface area contributed by atoms with E-state index >= 15 is 0 Å². The number of fused-ring (bicyclic) bond motifs is 1. The summed E-state index contributed by atoms with van der Waals surface area (Å²) in [5.74, 6) is 1.52. The normalized spacial score (nSPS) is 11.2. The zero-order chi connectivity index (χ0) is 21.4. The van der Waals surface area contributed by atoms with E-state index in [-0.39, 0.29) is 0 Å². The monoisotopic (exact) mass is 464 g/mol. The highest BCUT2D eigenvalue weighted by molar-refractivity contribution is 7.21. The number of halogens is 2. The summed E-state index contributed by atoms with van der Waals surface area (Å²) in [6.45, 7) is 2.67. The van der Waals surface area contributed by atoms with E-state index in [0.717, 1.165) is 33.1 Å². The Bertz CT molecular complexity index is 1370. The highest BCUT2D eigenvalue weighted by atomic mass is 35.5. The van der Waals surface area contributed by atoms with Crippen LogP contribution in [0.3, 0.4) is 0 Å². The Morgan fingerprint density at radius 3 is 2.61 bits per heavy atom. The van der Waals surface area contributed by atoms with Crippen LogP contribution in [0.2, 0.25) is 10.0 Å². The summed E-state index contributed by atoms with van der Waals surface area (Å²) in [5, 5.41) is 5.66. The highest BCUT2D eigenvalue weighted by Gasteiger charge is 2.10. The molecule has 0 radical (unpaired) electrons. The van der Waals surface area contributed by atoms with Gasteiger partial charge in [0, 0.05) is 21.8 Å². The van der Waals surface area contributed by atoms with Gasteiger partial charge in [-0.05, 0) is 79.2 Å². The van der Waals surface area contributed by atoms with Gasteiger partial charge < -0.3 is 9.73 Å². The van der Waals surface area contributed by atoms with Crippen LogP contribution in [0.15, 0.2) is 77.2 Å². The Kier molecular flexibility index (Phi) is 5.45. The molecule has 0 amide bonds. The lowest BCUT2D eigenvalue weighted by Gasteiger charge is -2.06. The minimum atomic E-state index is 0.567. The highest BCUT2D eigenvalue weighted by Crippen LogP contribution is 2.33. The van der Waals surface area contributed by atoms with Crippen molar-refractivity contribution in [2.24, 2.45) is 0 Å². The molecule has 0 aliphatic heterocycles. The first-order valence-corrected chi connectivity index (χ1v) is 11.4. The average molecular weight is 465 g/mol. The van der Waals surface area contributed by atoms with Gasteiger partial charge in [-0.2, -0.15) is 0 Å². The van der Waals surface area contributed by atoms with Gasteiger partial charge in [-0.25, -0.2) is 4.98 Å². The van der Waals surface area contributed by atoms with Crippen molar-refractivity contribution in [3.05, 3.63) is 94.2 Å². The van der Waals surface area contributed by atoms with Gasteiger partial charge in [0.15, 0.2) is 0 Å².